The van der Waals surface area contributed by atoms with Crippen molar-refractivity contribution in [2.75, 3.05) is 18.1 Å². The van der Waals surface area contributed by atoms with E-state index < -0.39 is 34.6 Å². The van der Waals surface area contributed by atoms with E-state index in [1.54, 1.807) is 6.20 Å². The predicted molar refractivity (Wildman–Crippen MR) is 144 cm³/mol. The van der Waals surface area contributed by atoms with Crippen molar-refractivity contribution in [1.29, 1.82) is 0 Å². The molecule has 1 unspecified atom stereocenters. The van der Waals surface area contributed by atoms with Gasteiger partial charge in [-0.2, -0.15) is 3.97 Å². The van der Waals surface area contributed by atoms with Crippen LogP contribution in [-0.2, 0) is 26.4 Å². The molecule has 3 heterocycles. The summed E-state index contributed by atoms with van der Waals surface area (Å²) in [6.07, 6.45) is 7.29. The van der Waals surface area contributed by atoms with E-state index in [4.69, 9.17) is 0 Å². The van der Waals surface area contributed by atoms with Gasteiger partial charge in [-0.3, -0.25) is 19.4 Å². The number of carbonyl (C=O) groups is 3. The zero-order valence-electron chi connectivity index (χ0n) is 20.2. The maximum Gasteiger partial charge on any atom is 0.315 e. The van der Waals surface area contributed by atoms with E-state index in [1.807, 2.05) is 41.8 Å². The van der Waals surface area contributed by atoms with Crippen LogP contribution >= 0.6 is 11.3 Å². The molecule has 1 atom stereocenters. The second kappa shape index (κ2) is 10.4. The molecular weight excluding hydrogens is 526 g/mol. The number of nitrogens with zero attached hydrogens (tertiary/aromatic N) is 3. The molecule has 0 aliphatic heterocycles. The van der Waals surface area contributed by atoms with Gasteiger partial charge in [-0.1, -0.05) is 18.2 Å². The molecule has 0 bridgehead atoms. The molecule has 194 valence electrons. The van der Waals surface area contributed by atoms with E-state index in [0.29, 0.717) is 34.9 Å². The molecule has 1 aliphatic rings. The number of carbonyl (C=O) groups excluding carboxylic acids is 2. The minimum Gasteiger partial charge on any atom is -0.593 e. The molecule has 1 fully saturated rings. The molecule has 3 N–H and O–H groups in total. The number of thiazole rings is 1. The fourth-order valence-corrected chi connectivity index (χ4v) is 5.23. The van der Waals surface area contributed by atoms with Gasteiger partial charge in [-0.25, -0.2) is 4.98 Å². The second-order valence-electron chi connectivity index (χ2n) is 8.85. The summed E-state index contributed by atoms with van der Waals surface area (Å²) in [4.78, 5) is 45.1. The Morgan fingerprint density at radius 1 is 1.16 bits per heavy atom. The zero-order chi connectivity index (χ0) is 26.9. The molecular formula is C26H23N5O5S2. The van der Waals surface area contributed by atoms with E-state index in [9.17, 15) is 24.0 Å². The fourth-order valence-electron chi connectivity index (χ4n) is 4.00. The molecule has 1 aliphatic carbocycles. The smallest absolute Gasteiger partial charge is 0.315 e. The van der Waals surface area contributed by atoms with Gasteiger partial charge >= 0.3 is 5.97 Å². The third-order valence-corrected chi connectivity index (χ3v) is 7.87. The topological polar surface area (TPSA) is 149 Å². The van der Waals surface area contributed by atoms with E-state index in [1.165, 1.54) is 40.0 Å². The first-order valence-corrected chi connectivity index (χ1v) is 14.0. The fraction of sp³-hybridized carbons (Fsp3) is 0.192. The molecule has 12 heteroatoms. The Morgan fingerprint density at radius 3 is 2.63 bits per heavy atom. The minimum atomic E-state index is -1.27. The van der Waals surface area contributed by atoms with Gasteiger partial charge in [0.1, 0.15) is 11.7 Å². The van der Waals surface area contributed by atoms with Crippen molar-refractivity contribution in [3.05, 3.63) is 77.7 Å². The summed E-state index contributed by atoms with van der Waals surface area (Å²) in [5, 5.41) is 17.0. The van der Waals surface area contributed by atoms with Gasteiger partial charge in [-0.05, 0) is 48.2 Å². The largest absolute Gasteiger partial charge is 0.593 e. The van der Waals surface area contributed by atoms with Crippen LogP contribution in [0, 0.1) is 0 Å². The minimum absolute atomic E-state index is 0.244. The SMILES string of the molecule is C[S+]([O-])n1ccc(C(=O)NCC(=O)Nc2nc(-c3cccc(-c4ccnc(C5(C(=O)O)CC5)c4)c3)cs2)c1. The quantitative estimate of drug-likeness (QED) is 0.271. The van der Waals surface area contributed by atoms with Gasteiger partial charge in [-0.15, -0.1) is 11.3 Å². The van der Waals surface area contributed by atoms with Crippen molar-refractivity contribution >= 4 is 45.6 Å². The molecule has 3 aromatic heterocycles. The van der Waals surface area contributed by atoms with Crippen LogP contribution in [0.4, 0.5) is 5.13 Å². The summed E-state index contributed by atoms with van der Waals surface area (Å²) >= 11 is -0.00720. The lowest BCUT2D eigenvalue weighted by Gasteiger charge is -2.11. The van der Waals surface area contributed by atoms with Crippen molar-refractivity contribution in [3.63, 3.8) is 0 Å². The van der Waals surface area contributed by atoms with E-state index in [0.717, 1.165) is 16.7 Å². The second-order valence-corrected chi connectivity index (χ2v) is 11.0. The Bertz CT molecular complexity index is 1530. The Kier molecular flexibility index (Phi) is 7.02. The van der Waals surface area contributed by atoms with Crippen LogP contribution in [0.15, 0.2) is 66.4 Å². The van der Waals surface area contributed by atoms with Crippen LogP contribution in [0.3, 0.4) is 0 Å². The monoisotopic (exact) mass is 549 g/mol. The Labute approximate surface area is 225 Å². The normalized spacial score (nSPS) is 14.5. The lowest BCUT2D eigenvalue weighted by Crippen LogP contribution is -2.32. The first-order chi connectivity index (χ1) is 18.2. The van der Waals surface area contributed by atoms with Gasteiger partial charge in [0.2, 0.25) is 5.91 Å². The number of carboxylic acids is 1. The summed E-state index contributed by atoms with van der Waals surface area (Å²) in [7, 11) is 0. The van der Waals surface area contributed by atoms with Crippen molar-refractivity contribution in [1.82, 2.24) is 19.3 Å². The van der Waals surface area contributed by atoms with Crippen LogP contribution in [0.1, 0.15) is 28.9 Å². The molecule has 1 saturated carbocycles. The number of aliphatic carboxylic acids is 1. The molecule has 38 heavy (non-hydrogen) atoms. The number of hydrogen-bond donors (Lipinski definition) is 3. The van der Waals surface area contributed by atoms with E-state index in [-0.39, 0.29) is 6.54 Å². The van der Waals surface area contributed by atoms with Crippen LogP contribution < -0.4 is 10.6 Å². The molecule has 5 rings (SSSR count). The number of hydrogen-bond acceptors (Lipinski definition) is 7. The number of pyridine rings is 1. The highest BCUT2D eigenvalue weighted by Gasteiger charge is 2.53. The average Bonchev–Trinajstić information content (AvgIpc) is 3.35. The number of amides is 2. The van der Waals surface area contributed by atoms with Crippen molar-refractivity contribution in [2.24, 2.45) is 0 Å². The average molecular weight is 550 g/mol. The highest BCUT2D eigenvalue weighted by Crippen LogP contribution is 2.48. The first kappa shape index (κ1) is 25.6. The standard InChI is InChI=1S/C26H23N5O5S2/c1-38(36)31-10-6-19(14-31)23(33)28-13-22(32)30-25-29-20(15-37-25)18-4-2-3-16(11-18)17-5-9-27-21(12-17)26(7-8-26)24(34)35/h2-6,9-12,14-15H,7-8,13H2,1H3,(H,28,33)(H,34,35)(H,29,30,32). The number of carboxylic acid groups (broad SMARTS) is 1. The van der Waals surface area contributed by atoms with Gasteiger partial charge in [0, 0.05) is 17.1 Å². The van der Waals surface area contributed by atoms with Crippen molar-refractivity contribution in [3.8, 4) is 22.4 Å². The Morgan fingerprint density at radius 2 is 1.92 bits per heavy atom. The first-order valence-electron chi connectivity index (χ1n) is 11.6. The number of rotatable bonds is 9. The molecule has 0 spiro atoms. The van der Waals surface area contributed by atoms with Gasteiger partial charge in [0.05, 0.1) is 47.3 Å². The third kappa shape index (κ3) is 5.32. The number of nitrogens with one attached hydrogen (secondary N) is 2. The molecule has 4 aromatic rings. The predicted octanol–water partition coefficient (Wildman–Crippen LogP) is 3.30. The maximum atomic E-state index is 12.4. The highest BCUT2D eigenvalue weighted by atomic mass is 32.2. The highest BCUT2D eigenvalue weighted by molar-refractivity contribution is 7.89. The Balaban J connectivity index is 1.23. The van der Waals surface area contributed by atoms with Crippen LogP contribution in [0.2, 0.25) is 0 Å². The zero-order valence-corrected chi connectivity index (χ0v) is 21.8. The molecule has 0 radical (unpaired) electrons. The molecule has 0 saturated heterocycles. The number of benzene rings is 1. The summed E-state index contributed by atoms with van der Waals surface area (Å²) < 4.78 is 12.9. The molecule has 2 amide bonds. The molecule has 1 aromatic carbocycles. The van der Waals surface area contributed by atoms with E-state index in [2.05, 4.69) is 20.6 Å². The summed E-state index contributed by atoms with van der Waals surface area (Å²) in [5.74, 6) is -1.72. The number of aromatic nitrogens is 3. The van der Waals surface area contributed by atoms with Crippen LogP contribution in [0.5, 0.6) is 0 Å². The summed E-state index contributed by atoms with van der Waals surface area (Å²) in [6, 6.07) is 12.9. The summed E-state index contributed by atoms with van der Waals surface area (Å²) in [6.45, 7) is -0.244. The number of anilines is 1. The third-order valence-electron chi connectivity index (χ3n) is 6.29. The van der Waals surface area contributed by atoms with Crippen molar-refractivity contribution < 1.29 is 24.0 Å². The van der Waals surface area contributed by atoms with Gasteiger partial charge < -0.3 is 20.3 Å². The van der Waals surface area contributed by atoms with Gasteiger partial charge in [0.25, 0.3) is 5.91 Å². The lowest BCUT2D eigenvalue weighted by atomic mass is 9.97. The van der Waals surface area contributed by atoms with Gasteiger partial charge in [0.15, 0.2) is 5.13 Å². The van der Waals surface area contributed by atoms with Crippen LogP contribution in [-0.4, -0.2) is 54.2 Å². The Hall–Kier alpha value is -4.00. The van der Waals surface area contributed by atoms with Crippen LogP contribution in [0.25, 0.3) is 22.4 Å². The van der Waals surface area contributed by atoms with E-state index >= 15 is 0 Å². The maximum absolute atomic E-state index is 12.4. The summed E-state index contributed by atoms with van der Waals surface area (Å²) in [5.41, 5.74) is 3.26. The lowest BCUT2D eigenvalue weighted by molar-refractivity contribution is -0.140. The van der Waals surface area contributed by atoms with Crippen molar-refractivity contribution in [2.45, 2.75) is 18.3 Å². The molecule has 10 nitrogen and oxygen atoms in total.